The van der Waals surface area contributed by atoms with E-state index in [9.17, 15) is 4.79 Å². The summed E-state index contributed by atoms with van der Waals surface area (Å²) in [6.07, 6.45) is 1.91. The summed E-state index contributed by atoms with van der Waals surface area (Å²) in [6.45, 7) is 2.17. The standard InChI is InChI=1S/C16H14N2O2S/c1-2-20-16(19)12-5-7-13(8-6-12)18-10-9-14(17-18)15-4-3-11-21-15/h3-11H,2H2,1H3. The summed E-state index contributed by atoms with van der Waals surface area (Å²) in [7, 11) is 0. The Morgan fingerprint density at radius 1 is 1.24 bits per heavy atom. The van der Waals surface area contributed by atoms with Crippen LogP contribution in [-0.2, 0) is 4.74 Å². The lowest BCUT2D eigenvalue weighted by Crippen LogP contribution is -2.04. The SMILES string of the molecule is CCOC(=O)c1ccc(-n2ccc(-c3cccs3)n2)cc1. The van der Waals surface area contributed by atoms with E-state index in [0.717, 1.165) is 16.3 Å². The molecule has 0 spiro atoms. The molecule has 1 aromatic carbocycles. The molecule has 0 amide bonds. The van der Waals surface area contributed by atoms with Gasteiger partial charge in [-0.2, -0.15) is 5.10 Å². The van der Waals surface area contributed by atoms with E-state index in [1.807, 2.05) is 41.9 Å². The highest BCUT2D eigenvalue weighted by Crippen LogP contribution is 2.23. The van der Waals surface area contributed by atoms with E-state index in [0.29, 0.717) is 12.2 Å². The van der Waals surface area contributed by atoms with Gasteiger partial charge < -0.3 is 4.74 Å². The summed E-state index contributed by atoms with van der Waals surface area (Å²) in [5, 5.41) is 6.57. The second kappa shape index (κ2) is 5.93. The zero-order valence-corrected chi connectivity index (χ0v) is 12.3. The molecule has 5 heteroatoms. The fourth-order valence-corrected chi connectivity index (χ4v) is 2.68. The summed E-state index contributed by atoms with van der Waals surface area (Å²) in [4.78, 5) is 12.7. The molecule has 0 bridgehead atoms. The molecule has 0 saturated carbocycles. The number of nitrogens with zero attached hydrogens (tertiary/aromatic N) is 2. The van der Waals surface area contributed by atoms with Gasteiger partial charge in [-0.15, -0.1) is 11.3 Å². The van der Waals surface area contributed by atoms with Crippen molar-refractivity contribution in [2.45, 2.75) is 6.92 Å². The maximum Gasteiger partial charge on any atom is 0.338 e. The van der Waals surface area contributed by atoms with Crippen LogP contribution in [0.3, 0.4) is 0 Å². The molecule has 21 heavy (non-hydrogen) atoms. The molecule has 4 nitrogen and oxygen atoms in total. The third kappa shape index (κ3) is 2.87. The molecule has 106 valence electrons. The van der Waals surface area contributed by atoms with E-state index in [1.54, 1.807) is 35.1 Å². The fraction of sp³-hybridized carbons (Fsp3) is 0.125. The Bertz CT molecular complexity index is 730. The summed E-state index contributed by atoms with van der Waals surface area (Å²) < 4.78 is 6.76. The molecule has 0 unspecified atom stereocenters. The molecule has 2 heterocycles. The number of aromatic nitrogens is 2. The van der Waals surface area contributed by atoms with Crippen molar-refractivity contribution in [3.05, 3.63) is 59.6 Å². The molecule has 0 aliphatic carbocycles. The number of carbonyl (C=O) groups is 1. The van der Waals surface area contributed by atoms with Crippen molar-refractivity contribution in [2.75, 3.05) is 6.61 Å². The van der Waals surface area contributed by atoms with Crippen molar-refractivity contribution in [2.24, 2.45) is 0 Å². The number of esters is 1. The summed E-state index contributed by atoms with van der Waals surface area (Å²) in [6, 6.07) is 13.2. The highest BCUT2D eigenvalue weighted by Gasteiger charge is 2.08. The van der Waals surface area contributed by atoms with Crippen molar-refractivity contribution in [1.29, 1.82) is 0 Å². The smallest absolute Gasteiger partial charge is 0.338 e. The van der Waals surface area contributed by atoms with E-state index < -0.39 is 0 Å². The first-order valence-electron chi connectivity index (χ1n) is 6.65. The average molecular weight is 298 g/mol. The zero-order chi connectivity index (χ0) is 14.7. The molecule has 0 N–H and O–H groups in total. The van der Waals surface area contributed by atoms with Gasteiger partial charge >= 0.3 is 5.97 Å². The fourth-order valence-electron chi connectivity index (χ4n) is 1.99. The normalized spacial score (nSPS) is 10.5. The minimum atomic E-state index is -0.302. The Labute approximate surface area is 126 Å². The number of hydrogen-bond acceptors (Lipinski definition) is 4. The third-order valence-corrected chi connectivity index (χ3v) is 3.90. The lowest BCUT2D eigenvalue weighted by molar-refractivity contribution is 0.0526. The van der Waals surface area contributed by atoms with Gasteiger partial charge in [-0.1, -0.05) is 6.07 Å². The summed E-state index contributed by atoms with van der Waals surface area (Å²) in [5.74, 6) is -0.302. The lowest BCUT2D eigenvalue weighted by atomic mass is 10.2. The lowest BCUT2D eigenvalue weighted by Gasteiger charge is -2.04. The van der Waals surface area contributed by atoms with Crippen LogP contribution in [0, 0.1) is 0 Å². The molecule has 0 radical (unpaired) electrons. The predicted molar refractivity (Wildman–Crippen MR) is 82.8 cm³/mol. The van der Waals surface area contributed by atoms with Gasteiger partial charge in [0.25, 0.3) is 0 Å². The molecule has 3 rings (SSSR count). The minimum Gasteiger partial charge on any atom is -0.462 e. The predicted octanol–water partition coefficient (Wildman–Crippen LogP) is 3.78. The first-order valence-corrected chi connectivity index (χ1v) is 7.53. The highest BCUT2D eigenvalue weighted by atomic mass is 32.1. The van der Waals surface area contributed by atoms with E-state index in [2.05, 4.69) is 5.10 Å². The van der Waals surface area contributed by atoms with Crippen molar-refractivity contribution in [1.82, 2.24) is 9.78 Å². The molecule has 0 aliphatic rings. The van der Waals surface area contributed by atoms with Crippen molar-refractivity contribution >= 4 is 17.3 Å². The van der Waals surface area contributed by atoms with Crippen molar-refractivity contribution in [3.8, 4) is 16.3 Å². The van der Waals surface area contributed by atoms with Crippen LogP contribution >= 0.6 is 11.3 Å². The Balaban J connectivity index is 1.83. The number of hydrogen-bond donors (Lipinski definition) is 0. The van der Waals surface area contributed by atoms with Gasteiger partial charge in [0.2, 0.25) is 0 Å². The molecular weight excluding hydrogens is 284 g/mol. The quantitative estimate of drug-likeness (QED) is 0.689. The van der Waals surface area contributed by atoms with Crippen LogP contribution in [-0.4, -0.2) is 22.4 Å². The molecular formula is C16H14N2O2S. The first kappa shape index (κ1) is 13.6. The van der Waals surface area contributed by atoms with Gasteiger partial charge in [0.15, 0.2) is 0 Å². The summed E-state index contributed by atoms with van der Waals surface area (Å²) in [5.41, 5.74) is 2.40. The Morgan fingerprint density at radius 3 is 2.71 bits per heavy atom. The average Bonchev–Trinajstić information content (AvgIpc) is 3.19. The third-order valence-electron chi connectivity index (χ3n) is 3.01. The highest BCUT2D eigenvalue weighted by molar-refractivity contribution is 7.13. The largest absolute Gasteiger partial charge is 0.462 e. The van der Waals surface area contributed by atoms with E-state index in [1.165, 1.54) is 0 Å². The van der Waals surface area contributed by atoms with Crippen molar-refractivity contribution < 1.29 is 9.53 Å². The Kier molecular flexibility index (Phi) is 3.83. The van der Waals surface area contributed by atoms with Gasteiger partial charge in [0.1, 0.15) is 5.69 Å². The van der Waals surface area contributed by atoms with Crippen LogP contribution in [0.1, 0.15) is 17.3 Å². The van der Waals surface area contributed by atoms with Gasteiger partial charge in [0, 0.05) is 6.20 Å². The van der Waals surface area contributed by atoms with E-state index in [4.69, 9.17) is 4.74 Å². The number of rotatable bonds is 4. The van der Waals surface area contributed by atoms with Crippen molar-refractivity contribution in [3.63, 3.8) is 0 Å². The monoisotopic (exact) mass is 298 g/mol. The number of benzene rings is 1. The Hall–Kier alpha value is -2.40. The van der Waals surface area contributed by atoms with Gasteiger partial charge in [-0.3, -0.25) is 0 Å². The maximum atomic E-state index is 11.6. The number of ether oxygens (including phenoxy) is 1. The Morgan fingerprint density at radius 2 is 2.05 bits per heavy atom. The molecule has 0 aliphatic heterocycles. The van der Waals surface area contributed by atoms with Crippen LogP contribution in [0.2, 0.25) is 0 Å². The number of carbonyl (C=O) groups excluding carboxylic acids is 1. The zero-order valence-electron chi connectivity index (χ0n) is 11.5. The maximum absolute atomic E-state index is 11.6. The van der Waals surface area contributed by atoms with Gasteiger partial charge in [0.05, 0.1) is 22.7 Å². The molecule has 3 aromatic rings. The van der Waals surface area contributed by atoms with E-state index >= 15 is 0 Å². The van der Waals surface area contributed by atoms with Crippen LogP contribution in [0.15, 0.2) is 54.0 Å². The van der Waals surface area contributed by atoms with Gasteiger partial charge in [-0.25, -0.2) is 9.48 Å². The second-order valence-corrected chi connectivity index (χ2v) is 5.34. The second-order valence-electron chi connectivity index (χ2n) is 4.39. The first-order chi connectivity index (χ1) is 10.3. The van der Waals surface area contributed by atoms with Crippen LogP contribution in [0.25, 0.3) is 16.3 Å². The topological polar surface area (TPSA) is 44.1 Å². The summed E-state index contributed by atoms with van der Waals surface area (Å²) >= 11 is 1.66. The molecule has 2 aromatic heterocycles. The number of thiophene rings is 1. The van der Waals surface area contributed by atoms with Crippen LogP contribution in [0.4, 0.5) is 0 Å². The molecule has 0 saturated heterocycles. The van der Waals surface area contributed by atoms with Gasteiger partial charge in [-0.05, 0) is 48.7 Å². The van der Waals surface area contributed by atoms with Crippen LogP contribution in [0.5, 0.6) is 0 Å². The van der Waals surface area contributed by atoms with Crippen LogP contribution < -0.4 is 0 Å². The molecule has 0 atom stereocenters. The van der Waals surface area contributed by atoms with E-state index in [-0.39, 0.29) is 5.97 Å². The minimum absolute atomic E-state index is 0.302. The molecule has 0 fully saturated rings.